The zero-order valence-electron chi connectivity index (χ0n) is 19.7. The number of cyclic esters (lactones) is 2. The molecule has 0 spiro atoms. The van der Waals surface area contributed by atoms with Crippen LogP contribution in [0.2, 0.25) is 0 Å². The molecule has 186 valence electrons. The summed E-state index contributed by atoms with van der Waals surface area (Å²) in [5.74, 6) is 0.0208. The van der Waals surface area contributed by atoms with E-state index in [9.17, 15) is 14.7 Å². The van der Waals surface area contributed by atoms with Crippen molar-refractivity contribution in [3.05, 3.63) is 74.3 Å². The number of esters is 2. The number of carbonyl (C=O) groups excluding carboxylic acids is 2. The molecule has 1 N–H and O–H groups in total. The van der Waals surface area contributed by atoms with Crippen LogP contribution in [0, 0.1) is 0 Å². The molecule has 9 nitrogen and oxygen atoms in total. The van der Waals surface area contributed by atoms with Crippen molar-refractivity contribution in [1.82, 2.24) is 0 Å². The maximum atomic E-state index is 12.8. The van der Waals surface area contributed by atoms with Gasteiger partial charge in [-0.3, -0.25) is 0 Å². The predicted octanol–water partition coefficient (Wildman–Crippen LogP) is 4.71. The fourth-order valence-electron chi connectivity index (χ4n) is 4.67. The van der Waals surface area contributed by atoms with Gasteiger partial charge >= 0.3 is 11.9 Å². The second-order valence-corrected chi connectivity index (χ2v) is 8.90. The lowest BCUT2D eigenvalue weighted by Gasteiger charge is -2.19. The highest BCUT2D eigenvalue weighted by Crippen LogP contribution is 2.50. The summed E-state index contributed by atoms with van der Waals surface area (Å²) in [4.78, 5) is 25.6. The Bertz CT molecular complexity index is 1420. The second-order valence-electron chi connectivity index (χ2n) is 8.04. The topological polar surface area (TPSA) is 110 Å². The number of fused-ring (bicyclic) bond motifs is 2. The Morgan fingerprint density at radius 2 is 1.22 bits per heavy atom. The number of hydrogen-bond donors (Lipinski definition) is 1. The van der Waals surface area contributed by atoms with Crippen LogP contribution in [0.15, 0.2) is 40.9 Å². The third-order valence-electron chi connectivity index (χ3n) is 6.28. The number of halogens is 1. The van der Waals surface area contributed by atoms with Crippen LogP contribution in [0.4, 0.5) is 0 Å². The Labute approximate surface area is 214 Å². The van der Waals surface area contributed by atoms with E-state index in [1.54, 1.807) is 36.4 Å². The monoisotopic (exact) mass is 556 g/mol. The number of methoxy groups -OCH3 is 4. The number of ether oxygens (including phenoxy) is 6. The minimum absolute atomic E-state index is 0.115. The Kier molecular flexibility index (Phi) is 5.91. The standard InChI is InChI=1S/C26H21BrO9/c1-31-16-7-5-12-18(23(16)33-3)25(29)35-21(12)11-9-14(20(28)15(27)10-11)22-13-6-8-17(32-2)24(34-4)19(13)26(30)36-22/h5-10,21-22,28H,1-4H3. The van der Waals surface area contributed by atoms with Crippen molar-refractivity contribution in [2.24, 2.45) is 0 Å². The highest BCUT2D eigenvalue weighted by Gasteiger charge is 2.41. The molecule has 0 bridgehead atoms. The molecule has 0 saturated carbocycles. The van der Waals surface area contributed by atoms with Gasteiger partial charge in [0.15, 0.2) is 35.2 Å². The van der Waals surface area contributed by atoms with Gasteiger partial charge in [0.1, 0.15) is 16.9 Å². The van der Waals surface area contributed by atoms with Gasteiger partial charge in [0.25, 0.3) is 0 Å². The fourth-order valence-corrected chi connectivity index (χ4v) is 5.17. The van der Waals surface area contributed by atoms with Crippen LogP contribution in [0.1, 0.15) is 55.2 Å². The van der Waals surface area contributed by atoms with Gasteiger partial charge in [-0.25, -0.2) is 9.59 Å². The number of aromatic hydroxyl groups is 1. The lowest BCUT2D eigenvalue weighted by Crippen LogP contribution is -2.06. The summed E-state index contributed by atoms with van der Waals surface area (Å²) in [5, 5.41) is 10.9. The van der Waals surface area contributed by atoms with Gasteiger partial charge in [-0.05, 0) is 45.8 Å². The van der Waals surface area contributed by atoms with Crippen molar-refractivity contribution in [1.29, 1.82) is 0 Å². The molecule has 0 amide bonds. The van der Waals surface area contributed by atoms with E-state index in [0.29, 0.717) is 38.2 Å². The molecule has 2 atom stereocenters. The minimum atomic E-state index is -0.925. The lowest BCUT2D eigenvalue weighted by atomic mass is 9.93. The number of rotatable bonds is 6. The maximum absolute atomic E-state index is 12.8. The number of hydrogen-bond acceptors (Lipinski definition) is 9. The predicted molar refractivity (Wildman–Crippen MR) is 129 cm³/mol. The van der Waals surface area contributed by atoms with E-state index < -0.39 is 24.1 Å². The van der Waals surface area contributed by atoms with E-state index in [4.69, 9.17) is 28.4 Å². The van der Waals surface area contributed by atoms with Crippen molar-refractivity contribution in [2.75, 3.05) is 28.4 Å². The first kappa shape index (κ1) is 23.8. The van der Waals surface area contributed by atoms with Crippen molar-refractivity contribution in [3.8, 4) is 28.7 Å². The third-order valence-corrected chi connectivity index (χ3v) is 6.88. The van der Waals surface area contributed by atoms with E-state index in [2.05, 4.69) is 15.9 Å². The molecule has 5 rings (SSSR count). The van der Waals surface area contributed by atoms with E-state index >= 15 is 0 Å². The Morgan fingerprint density at radius 1 is 0.722 bits per heavy atom. The van der Waals surface area contributed by atoms with Crippen molar-refractivity contribution in [2.45, 2.75) is 12.2 Å². The zero-order valence-corrected chi connectivity index (χ0v) is 21.3. The number of carbonyl (C=O) groups is 2. The van der Waals surface area contributed by atoms with Gasteiger partial charge in [0.05, 0.1) is 32.9 Å². The Balaban J connectivity index is 1.64. The van der Waals surface area contributed by atoms with Gasteiger partial charge < -0.3 is 33.5 Å². The maximum Gasteiger partial charge on any atom is 0.343 e. The highest BCUT2D eigenvalue weighted by atomic mass is 79.9. The zero-order chi connectivity index (χ0) is 25.7. The molecular formula is C26H21BrO9. The first-order valence-corrected chi connectivity index (χ1v) is 11.6. The molecule has 3 aromatic carbocycles. The first-order chi connectivity index (χ1) is 17.3. The van der Waals surface area contributed by atoms with Crippen LogP contribution in [-0.4, -0.2) is 45.5 Å². The molecular weight excluding hydrogens is 536 g/mol. The average Bonchev–Trinajstić information content (AvgIpc) is 3.41. The van der Waals surface area contributed by atoms with Crippen LogP contribution in [0.25, 0.3) is 0 Å². The average molecular weight is 557 g/mol. The van der Waals surface area contributed by atoms with Crippen LogP contribution in [0.3, 0.4) is 0 Å². The molecule has 2 unspecified atom stereocenters. The molecule has 10 heteroatoms. The summed E-state index contributed by atoms with van der Waals surface area (Å²) in [5.41, 5.74) is 2.44. The minimum Gasteiger partial charge on any atom is -0.506 e. The fraction of sp³-hybridized carbons (Fsp3) is 0.231. The Morgan fingerprint density at radius 3 is 1.72 bits per heavy atom. The largest absolute Gasteiger partial charge is 0.506 e. The third kappa shape index (κ3) is 3.43. The molecule has 0 aromatic heterocycles. The van der Waals surface area contributed by atoms with E-state index in [1.165, 1.54) is 28.4 Å². The summed E-state index contributed by atoms with van der Waals surface area (Å²) in [7, 11) is 5.84. The SMILES string of the molecule is COc1ccc2c(c1OC)C(=O)OC2c1cc(Br)c(O)c(C2OC(=O)c3c2ccc(OC)c3OC)c1. The Hall–Kier alpha value is -3.92. The highest BCUT2D eigenvalue weighted by molar-refractivity contribution is 9.10. The molecule has 2 aliphatic rings. The van der Waals surface area contributed by atoms with Gasteiger partial charge in [-0.15, -0.1) is 0 Å². The smallest absolute Gasteiger partial charge is 0.343 e. The summed E-state index contributed by atoms with van der Waals surface area (Å²) >= 11 is 3.38. The van der Waals surface area contributed by atoms with Crippen LogP contribution in [0.5, 0.6) is 28.7 Å². The van der Waals surface area contributed by atoms with Crippen LogP contribution >= 0.6 is 15.9 Å². The quantitative estimate of drug-likeness (QED) is 0.431. The number of phenolic OH excluding ortho intramolecular Hbond substituents is 1. The van der Waals surface area contributed by atoms with Gasteiger partial charge in [0.2, 0.25) is 0 Å². The molecule has 0 aliphatic carbocycles. The van der Waals surface area contributed by atoms with Gasteiger partial charge in [-0.1, -0.05) is 12.1 Å². The summed E-state index contributed by atoms with van der Waals surface area (Å²) in [6, 6.07) is 10.1. The normalized spacial score (nSPS) is 17.7. The van der Waals surface area contributed by atoms with Crippen molar-refractivity contribution in [3.63, 3.8) is 0 Å². The molecule has 2 aliphatic heterocycles. The van der Waals surface area contributed by atoms with Gasteiger partial charge in [0, 0.05) is 16.7 Å². The van der Waals surface area contributed by atoms with Crippen LogP contribution < -0.4 is 18.9 Å². The molecule has 0 fully saturated rings. The van der Waals surface area contributed by atoms with Crippen LogP contribution in [-0.2, 0) is 9.47 Å². The van der Waals surface area contributed by atoms with E-state index in [1.807, 2.05) is 0 Å². The lowest BCUT2D eigenvalue weighted by molar-refractivity contribution is 0.0450. The van der Waals surface area contributed by atoms with E-state index in [-0.39, 0.29) is 28.4 Å². The molecule has 3 aromatic rings. The van der Waals surface area contributed by atoms with Gasteiger partial charge in [-0.2, -0.15) is 0 Å². The van der Waals surface area contributed by atoms with Crippen molar-refractivity contribution >= 4 is 27.9 Å². The molecule has 0 radical (unpaired) electrons. The summed E-state index contributed by atoms with van der Waals surface area (Å²) in [6.45, 7) is 0. The second kappa shape index (κ2) is 8.94. The number of benzene rings is 3. The molecule has 36 heavy (non-hydrogen) atoms. The van der Waals surface area contributed by atoms with Crippen molar-refractivity contribution < 1.29 is 43.1 Å². The molecule has 0 saturated heterocycles. The van der Waals surface area contributed by atoms with E-state index in [0.717, 1.165) is 0 Å². The first-order valence-electron chi connectivity index (χ1n) is 10.8. The summed E-state index contributed by atoms with van der Waals surface area (Å²) < 4.78 is 33.2. The number of phenols is 1. The summed E-state index contributed by atoms with van der Waals surface area (Å²) in [6.07, 6.45) is -1.71. The molecule has 2 heterocycles.